The Hall–Kier alpha value is -3.28. The Labute approximate surface area is 140 Å². The molecule has 0 atom stereocenters. The first-order chi connectivity index (χ1) is 11.8. The van der Waals surface area contributed by atoms with E-state index in [4.69, 9.17) is 10.5 Å². The van der Waals surface area contributed by atoms with Crippen molar-refractivity contribution < 1.29 is 4.74 Å². The van der Waals surface area contributed by atoms with Gasteiger partial charge in [0.1, 0.15) is 17.8 Å². The van der Waals surface area contributed by atoms with E-state index < -0.39 is 0 Å². The topological polar surface area (TPSA) is 85.1 Å². The summed E-state index contributed by atoms with van der Waals surface area (Å²) in [4.78, 5) is 8.42. The predicted octanol–water partition coefficient (Wildman–Crippen LogP) is 3.94. The first-order valence-electron chi connectivity index (χ1n) is 7.68. The van der Waals surface area contributed by atoms with Crippen molar-refractivity contribution in [1.82, 2.24) is 9.97 Å². The molecule has 2 aromatic carbocycles. The zero-order valence-electron chi connectivity index (χ0n) is 13.4. The summed E-state index contributed by atoms with van der Waals surface area (Å²) in [5.41, 5.74) is 8.42. The minimum atomic E-state index is 0.454. The Morgan fingerprint density at radius 3 is 2.04 bits per heavy atom. The molecule has 0 unspecified atom stereocenters. The summed E-state index contributed by atoms with van der Waals surface area (Å²) in [5.74, 6) is 1.93. The van der Waals surface area contributed by atoms with Gasteiger partial charge in [-0.15, -0.1) is 0 Å². The third-order valence-corrected chi connectivity index (χ3v) is 3.35. The van der Waals surface area contributed by atoms with Gasteiger partial charge in [0.2, 0.25) is 0 Å². The van der Waals surface area contributed by atoms with Crippen LogP contribution in [0.25, 0.3) is 0 Å². The van der Waals surface area contributed by atoms with E-state index in [0.717, 1.165) is 17.1 Å². The molecule has 0 saturated carbocycles. The lowest BCUT2D eigenvalue weighted by Gasteiger charge is -2.13. The highest BCUT2D eigenvalue weighted by atomic mass is 16.5. The molecule has 0 radical (unpaired) electrons. The lowest BCUT2D eigenvalue weighted by molar-refractivity contribution is 0.340. The molecule has 24 heavy (non-hydrogen) atoms. The van der Waals surface area contributed by atoms with E-state index in [2.05, 4.69) is 20.6 Å². The molecule has 4 N–H and O–H groups in total. The molecule has 0 fully saturated rings. The maximum atomic E-state index is 6.18. The number of ether oxygens (including phenoxy) is 1. The first-order valence-corrected chi connectivity index (χ1v) is 7.68. The largest absolute Gasteiger partial charge is 0.494 e. The Kier molecular flexibility index (Phi) is 4.76. The molecule has 0 bridgehead atoms. The summed E-state index contributed by atoms with van der Waals surface area (Å²) >= 11 is 0. The second-order valence-corrected chi connectivity index (χ2v) is 5.06. The number of para-hydroxylation sites is 1. The van der Waals surface area contributed by atoms with Crippen molar-refractivity contribution in [3.05, 3.63) is 60.9 Å². The highest BCUT2D eigenvalue weighted by Gasteiger charge is 2.08. The Morgan fingerprint density at radius 2 is 1.46 bits per heavy atom. The Bertz CT molecular complexity index is 790. The fourth-order valence-corrected chi connectivity index (χ4v) is 2.19. The van der Waals surface area contributed by atoms with Gasteiger partial charge in [0.15, 0.2) is 11.6 Å². The van der Waals surface area contributed by atoms with Crippen molar-refractivity contribution in [2.24, 2.45) is 0 Å². The van der Waals surface area contributed by atoms with Crippen molar-refractivity contribution in [1.29, 1.82) is 0 Å². The van der Waals surface area contributed by atoms with Crippen LogP contribution in [0.15, 0.2) is 60.9 Å². The molecule has 122 valence electrons. The fraction of sp³-hybridized carbons (Fsp3) is 0.111. The maximum Gasteiger partial charge on any atom is 0.159 e. The van der Waals surface area contributed by atoms with Gasteiger partial charge in [0.25, 0.3) is 0 Å². The van der Waals surface area contributed by atoms with Crippen LogP contribution in [0.1, 0.15) is 6.92 Å². The van der Waals surface area contributed by atoms with Gasteiger partial charge in [-0.25, -0.2) is 9.97 Å². The van der Waals surface area contributed by atoms with Crippen LogP contribution in [-0.4, -0.2) is 16.6 Å². The molecule has 1 aromatic heterocycles. The number of rotatable bonds is 6. The van der Waals surface area contributed by atoms with E-state index in [1.165, 1.54) is 6.33 Å². The number of nitrogens with zero attached hydrogens (tertiary/aromatic N) is 2. The number of nitrogens with one attached hydrogen (secondary N) is 2. The standard InChI is InChI=1S/C18H19N5O/c1-2-24-15-10-8-14(9-11-15)23-18-16(19)17(20-12-21-18)22-13-6-4-3-5-7-13/h3-12H,2,19H2,1H3,(H2,20,21,22,23). The molecular weight excluding hydrogens is 302 g/mol. The smallest absolute Gasteiger partial charge is 0.159 e. The lowest BCUT2D eigenvalue weighted by atomic mass is 10.3. The van der Waals surface area contributed by atoms with Crippen LogP contribution < -0.4 is 21.1 Å². The average Bonchev–Trinajstić information content (AvgIpc) is 2.61. The van der Waals surface area contributed by atoms with Crippen molar-refractivity contribution in [2.75, 3.05) is 23.0 Å². The summed E-state index contributed by atoms with van der Waals surface area (Å²) in [6.07, 6.45) is 1.47. The van der Waals surface area contributed by atoms with Crippen LogP contribution in [0.4, 0.5) is 28.7 Å². The molecule has 1 heterocycles. The summed E-state index contributed by atoms with van der Waals surface area (Å²) in [6.45, 7) is 2.59. The molecule has 3 aromatic rings. The monoisotopic (exact) mass is 321 g/mol. The summed E-state index contributed by atoms with van der Waals surface area (Å²) in [5, 5.41) is 6.38. The van der Waals surface area contributed by atoms with E-state index >= 15 is 0 Å². The Morgan fingerprint density at radius 1 is 0.875 bits per heavy atom. The molecule has 0 aliphatic carbocycles. The van der Waals surface area contributed by atoms with Crippen LogP contribution >= 0.6 is 0 Å². The minimum Gasteiger partial charge on any atom is -0.494 e. The zero-order valence-corrected chi connectivity index (χ0v) is 13.4. The van der Waals surface area contributed by atoms with Gasteiger partial charge < -0.3 is 21.1 Å². The van der Waals surface area contributed by atoms with Crippen LogP contribution in [0.5, 0.6) is 5.75 Å². The quantitative estimate of drug-likeness (QED) is 0.637. The molecule has 0 spiro atoms. The minimum absolute atomic E-state index is 0.454. The molecule has 0 saturated heterocycles. The van der Waals surface area contributed by atoms with Crippen LogP contribution in [0.3, 0.4) is 0 Å². The van der Waals surface area contributed by atoms with Crippen LogP contribution in [0, 0.1) is 0 Å². The highest BCUT2D eigenvalue weighted by molar-refractivity contribution is 5.80. The third kappa shape index (κ3) is 3.73. The summed E-state index contributed by atoms with van der Waals surface area (Å²) in [7, 11) is 0. The van der Waals surface area contributed by atoms with E-state index in [0.29, 0.717) is 23.9 Å². The number of benzene rings is 2. The number of nitrogens with two attached hydrogens (primary N) is 1. The number of aromatic nitrogens is 2. The van der Waals surface area contributed by atoms with Crippen LogP contribution in [-0.2, 0) is 0 Å². The normalized spacial score (nSPS) is 10.2. The maximum absolute atomic E-state index is 6.18. The zero-order chi connectivity index (χ0) is 16.8. The second kappa shape index (κ2) is 7.32. The van der Waals surface area contributed by atoms with Crippen molar-refractivity contribution >= 4 is 28.7 Å². The van der Waals surface area contributed by atoms with Crippen molar-refractivity contribution in [2.45, 2.75) is 6.92 Å². The number of nitrogen functional groups attached to an aromatic ring is 1. The number of hydrogen-bond donors (Lipinski definition) is 3. The van der Waals surface area contributed by atoms with Crippen LogP contribution in [0.2, 0.25) is 0 Å². The van der Waals surface area contributed by atoms with E-state index in [1.807, 2.05) is 61.5 Å². The summed E-state index contributed by atoms with van der Waals surface area (Å²) < 4.78 is 5.43. The van der Waals surface area contributed by atoms with E-state index in [1.54, 1.807) is 0 Å². The third-order valence-electron chi connectivity index (χ3n) is 3.35. The molecular formula is C18H19N5O. The van der Waals surface area contributed by atoms with E-state index in [9.17, 15) is 0 Å². The van der Waals surface area contributed by atoms with Gasteiger partial charge >= 0.3 is 0 Å². The van der Waals surface area contributed by atoms with Gasteiger partial charge in [-0.2, -0.15) is 0 Å². The molecule has 0 aliphatic rings. The van der Waals surface area contributed by atoms with Gasteiger partial charge in [-0.1, -0.05) is 18.2 Å². The average molecular weight is 321 g/mol. The first kappa shape index (κ1) is 15.6. The number of anilines is 5. The SMILES string of the molecule is CCOc1ccc(Nc2ncnc(Nc3ccccc3)c2N)cc1. The number of hydrogen-bond acceptors (Lipinski definition) is 6. The second-order valence-electron chi connectivity index (χ2n) is 5.06. The van der Waals surface area contributed by atoms with Crippen molar-refractivity contribution in [3.63, 3.8) is 0 Å². The fourth-order valence-electron chi connectivity index (χ4n) is 2.19. The van der Waals surface area contributed by atoms with E-state index in [-0.39, 0.29) is 0 Å². The lowest BCUT2D eigenvalue weighted by Crippen LogP contribution is -2.05. The highest BCUT2D eigenvalue weighted by Crippen LogP contribution is 2.28. The van der Waals surface area contributed by atoms with Gasteiger partial charge in [0.05, 0.1) is 6.61 Å². The summed E-state index contributed by atoms with van der Waals surface area (Å²) in [6, 6.07) is 17.3. The van der Waals surface area contributed by atoms with Crippen molar-refractivity contribution in [3.8, 4) is 5.75 Å². The Balaban J connectivity index is 1.77. The van der Waals surface area contributed by atoms with Gasteiger partial charge in [-0.3, -0.25) is 0 Å². The molecule has 6 nitrogen and oxygen atoms in total. The molecule has 0 aliphatic heterocycles. The molecule has 0 amide bonds. The molecule has 3 rings (SSSR count). The molecule has 6 heteroatoms. The predicted molar refractivity (Wildman–Crippen MR) is 97.1 cm³/mol. The van der Waals surface area contributed by atoms with Gasteiger partial charge in [0, 0.05) is 11.4 Å². The van der Waals surface area contributed by atoms with Gasteiger partial charge in [-0.05, 0) is 43.3 Å².